The predicted molar refractivity (Wildman–Crippen MR) is 82.7 cm³/mol. The average molecular weight is 298 g/mol. The van der Waals surface area contributed by atoms with Crippen LogP contribution in [0.1, 0.15) is 59.3 Å². The van der Waals surface area contributed by atoms with Crippen LogP contribution < -0.4 is 10.6 Å². The SMILES string of the molecule is CC(C)CC(O)CNC(=O)CC(C)NC(=O)C1CCCC1. The number of amides is 2. The van der Waals surface area contributed by atoms with Crippen LogP contribution in [-0.4, -0.2) is 35.6 Å². The third kappa shape index (κ3) is 7.46. The molecule has 21 heavy (non-hydrogen) atoms. The summed E-state index contributed by atoms with van der Waals surface area (Å²) in [6.07, 6.45) is 4.61. The Kier molecular flexibility index (Phi) is 7.72. The van der Waals surface area contributed by atoms with Crippen molar-refractivity contribution >= 4 is 11.8 Å². The minimum absolute atomic E-state index is 0.0765. The summed E-state index contributed by atoms with van der Waals surface area (Å²) in [5, 5.41) is 15.3. The van der Waals surface area contributed by atoms with Crippen LogP contribution in [0.5, 0.6) is 0 Å². The van der Waals surface area contributed by atoms with Crippen molar-refractivity contribution < 1.29 is 14.7 Å². The Hall–Kier alpha value is -1.10. The average Bonchev–Trinajstić information content (AvgIpc) is 2.89. The van der Waals surface area contributed by atoms with Gasteiger partial charge < -0.3 is 15.7 Å². The molecule has 2 unspecified atom stereocenters. The number of carbonyl (C=O) groups is 2. The summed E-state index contributed by atoms with van der Waals surface area (Å²) in [6, 6.07) is -0.166. The molecule has 1 saturated carbocycles. The minimum Gasteiger partial charge on any atom is -0.391 e. The van der Waals surface area contributed by atoms with Gasteiger partial charge in [0.1, 0.15) is 0 Å². The first-order chi connectivity index (χ1) is 9.88. The van der Waals surface area contributed by atoms with E-state index >= 15 is 0 Å². The molecule has 2 atom stereocenters. The van der Waals surface area contributed by atoms with Crippen LogP contribution in [0.15, 0.2) is 0 Å². The maximum absolute atomic E-state index is 11.9. The maximum Gasteiger partial charge on any atom is 0.223 e. The van der Waals surface area contributed by atoms with Crippen LogP contribution in [0.25, 0.3) is 0 Å². The summed E-state index contributed by atoms with van der Waals surface area (Å²) in [5.41, 5.74) is 0. The quantitative estimate of drug-likeness (QED) is 0.637. The van der Waals surface area contributed by atoms with E-state index in [0.717, 1.165) is 25.7 Å². The second kappa shape index (κ2) is 9.03. The Balaban J connectivity index is 2.19. The number of aliphatic hydroxyl groups excluding tert-OH is 1. The topological polar surface area (TPSA) is 78.4 Å². The second-order valence-corrected chi connectivity index (χ2v) is 6.68. The fraction of sp³-hybridized carbons (Fsp3) is 0.875. The number of nitrogens with one attached hydrogen (secondary N) is 2. The van der Waals surface area contributed by atoms with Gasteiger partial charge in [-0.05, 0) is 32.1 Å². The minimum atomic E-state index is -0.502. The van der Waals surface area contributed by atoms with Gasteiger partial charge in [-0.3, -0.25) is 9.59 Å². The normalized spacial score (nSPS) is 18.5. The van der Waals surface area contributed by atoms with E-state index in [2.05, 4.69) is 10.6 Å². The highest BCUT2D eigenvalue weighted by molar-refractivity contribution is 5.81. The molecule has 1 fully saturated rings. The van der Waals surface area contributed by atoms with Crippen molar-refractivity contribution in [3.8, 4) is 0 Å². The summed E-state index contributed by atoms with van der Waals surface area (Å²) in [6.45, 7) is 6.19. The van der Waals surface area contributed by atoms with E-state index in [1.165, 1.54) is 0 Å². The molecule has 0 aliphatic heterocycles. The first-order valence-electron chi connectivity index (χ1n) is 8.13. The fourth-order valence-corrected chi connectivity index (χ4v) is 2.81. The van der Waals surface area contributed by atoms with Crippen molar-refractivity contribution in [2.75, 3.05) is 6.54 Å². The van der Waals surface area contributed by atoms with Crippen molar-refractivity contribution in [1.29, 1.82) is 0 Å². The molecule has 3 N–H and O–H groups in total. The van der Waals surface area contributed by atoms with Gasteiger partial charge in [0, 0.05) is 24.9 Å². The van der Waals surface area contributed by atoms with Crippen LogP contribution >= 0.6 is 0 Å². The Morgan fingerprint density at radius 1 is 1.19 bits per heavy atom. The third-order valence-corrected chi connectivity index (χ3v) is 3.88. The van der Waals surface area contributed by atoms with Crippen molar-refractivity contribution in [3.05, 3.63) is 0 Å². The van der Waals surface area contributed by atoms with Gasteiger partial charge in [-0.25, -0.2) is 0 Å². The Bertz CT molecular complexity index is 338. The van der Waals surface area contributed by atoms with E-state index in [-0.39, 0.29) is 36.7 Å². The summed E-state index contributed by atoms with van der Waals surface area (Å²) >= 11 is 0. The summed E-state index contributed by atoms with van der Waals surface area (Å²) in [7, 11) is 0. The van der Waals surface area contributed by atoms with Crippen LogP contribution in [-0.2, 0) is 9.59 Å². The molecular weight excluding hydrogens is 268 g/mol. The lowest BCUT2D eigenvalue weighted by atomic mass is 10.1. The molecule has 1 aliphatic carbocycles. The Morgan fingerprint density at radius 3 is 2.38 bits per heavy atom. The number of hydrogen-bond donors (Lipinski definition) is 3. The highest BCUT2D eigenvalue weighted by atomic mass is 16.3. The molecule has 2 amide bonds. The summed E-state index contributed by atoms with van der Waals surface area (Å²) in [5.74, 6) is 0.481. The van der Waals surface area contributed by atoms with Gasteiger partial charge in [0.25, 0.3) is 0 Å². The predicted octanol–water partition coefficient (Wildman–Crippen LogP) is 1.59. The lowest BCUT2D eigenvalue weighted by Gasteiger charge is -2.18. The second-order valence-electron chi connectivity index (χ2n) is 6.68. The van der Waals surface area contributed by atoms with E-state index in [0.29, 0.717) is 12.3 Å². The molecule has 0 radical (unpaired) electrons. The third-order valence-electron chi connectivity index (χ3n) is 3.88. The monoisotopic (exact) mass is 298 g/mol. The molecule has 0 aromatic carbocycles. The van der Waals surface area contributed by atoms with Gasteiger partial charge in [0.05, 0.1) is 6.10 Å². The molecule has 1 aliphatic rings. The number of aliphatic hydroxyl groups is 1. The van der Waals surface area contributed by atoms with Gasteiger partial charge in [0.15, 0.2) is 0 Å². The molecule has 0 aromatic rings. The smallest absolute Gasteiger partial charge is 0.223 e. The van der Waals surface area contributed by atoms with Gasteiger partial charge in [-0.15, -0.1) is 0 Å². The first kappa shape index (κ1) is 18.0. The van der Waals surface area contributed by atoms with Gasteiger partial charge in [-0.1, -0.05) is 26.7 Å². The standard InChI is InChI=1S/C16H30N2O3/c1-11(2)8-14(19)10-17-15(20)9-12(3)18-16(21)13-6-4-5-7-13/h11-14,19H,4-10H2,1-3H3,(H,17,20)(H,18,21). The molecule has 0 spiro atoms. The lowest BCUT2D eigenvalue weighted by Crippen LogP contribution is -2.41. The summed E-state index contributed by atoms with van der Waals surface area (Å²) < 4.78 is 0. The Morgan fingerprint density at radius 2 is 1.81 bits per heavy atom. The van der Waals surface area contributed by atoms with Crippen LogP contribution in [0.3, 0.4) is 0 Å². The zero-order valence-electron chi connectivity index (χ0n) is 13.5. The molecule has 0 saturated heterocycles. The molecule has 5 nitrogen and oxygen atoms in total. The highest BCUT2D eigenvalue weighted by Crippen LogP contribution is 2.24. The first-order valence-corrected chi connectivity index (χ1v) is 8.13. The van der Waals surface area contributed by atoms with E-state index in [4.69, 9.17) is 0 Å². The zero-order valence-corrected chi connectivity index (χ0v) is 13.5. The molecule has 1 rings (SSSR count). The van der Waals surface area contributed by atoms with Crippen molar-refractivity contribution in [2.24, 2.45) is 11.8 Å². The van der Waals surface area contributed by atoms with E-state index < -0.39 is 6.10 Å². The molecule has 122 valence electrons. The maximum atomic E-state index is 11.9. The van der Waals surface area contributed by atoms with Crippen LogP contribution in [0.4, 0.5) is 0 Å². The molecule has 0 bridgehead atoms. The molecule has 0 heterocycles. The van der Waals surface area contributed by atoms with Crippen molar-refractivity contribution in [2.45, 2.75) is 71.4 Å². The van der Waals surface area contributed by atoms with Crippen molar-refractivity contribution in [1.82, 2.24) is 10.6 Å². The van der Waals surface area contributed by atoms with Gasteiger partial charge in [-0.2, -0.15) is 0 Å². The zero-order chi connectivity index (χ0) is 15.8. The van der Waals surface area contributed by atoms with Crippen LogP contribution in [0, 0.1) is 11.8 Å². The van der Waals surface area contributed by atoms with Gasteiger partial charge in [0.2, 0.25) is 11.8 Å². The highest BCUT2D eigenvalue weighted by Gasteiger charge is 2.24. The Labute approximate surface area is 127 Å². The number of carbonyl (C=O) groups excluding carboxylic acids is 2. The fourth-order valence-electron chi connectivity index (χ4n) is 2.81. The number of rotatable bonds is 8. The lowest BCUT2D eigenvalue weighted by molar-refractivity contribution is -0.126. The van der Waals surface area contributed by atoms with E-state index in [1.807, 2.05) is 20.8 Å². The largest absolute Gasteiger partial charge is 0.391 e. The van der Waals surface area contributed by atoms with Crippen LogP contribution in [0.2, 0.25) is 0 Å². The van der Waals surface area contributed by atoms with Crippen molar-refractivity contribution in [3.63, 3.8) is 0 Å². The molecule has 5 heteroatoms. The van der Waals surface area contributed by atoms with Gasteiger partial charge >= 0.3 is 0 Å². The molecular formula is C16H30N2O3. The van der Waals surface area contributed by atoms with E-state index in [1.54, 1.807) is 0 Å². The molecule has 0 aromatic heterocycles. The summed E-state index contributed by atoms with van der Waals surface area (Å²) in [4.78, 5) is 23.7. The number of hydrogen-bond acceptors (Lipinski definition) is 3. The van der Waals surface area contributed by atoms with E-state index in [9.17, 15) is 14.7 Å².